The average molecular weight is 363 g/mol. The van der Waals surface area contributed by atoms with E-state index in [1.807, 2.05) is 51.1 Å². The fraction of sp³-hybridized carbons (Fsp3) is 0.238. The molecule has 0 bridgehead atoms. The van der Waals surface area contributed by atoms with Crippen LogP contribution in [-0.4, -0.2) is 13.4 Å². The van der Waals surface area contributed by atoms with E-state index in [-0.39, 0.29) is 5.75 Å². The number of anilines is 1. The highest BCUT2D eigenvalue weighted by molar-refractivity contribution is 5.88. The van der Waals surface area contributed by atoms with Crippen LogP contribution < -0.4 is 10.1 Å². The van der Waals surface area contributed by atoms with Gasteiger partial charge in [0.2, 0.25) is 0 Å². The molecule has 26 heavy (non-hydrogen) atoms. The lowest BCUT2D eigenvalue weighted by Gasteiger charge is -2.17. The minimum Gasteiger partial charge on any atom is -0.406 e. The molecule has 0 aliphatic carbocycles. The summed E-state index contributed by atoms with van der Waals surface area (Å²) in [4.78, 5) is 0. The summed E-state index contributed by atoms with van der Waals surface area (Å²) in [6.45, 7) is 9.11. The van der Waals surface area contributed by atoms with Crippen molar-refractivity contribution < 1.29 is 17.9 Å². The number of ether oxygens (including phenoxy) is 1. The van der Waals surface area contributed by atoms with E-state index in [4.69, 9.17) is 0 Å². The quantitative estimate of drug-likeness (QED) is 0.613. The van der Waals surface area contributed by atoms with Crippen molar-refractivity contribution in [2.24, 2.45) is 0 Å². The summed E-state index contributed by atoms with van der Waals surface area (Å²) in [7, 11) is 1.73. The SMILES string of the molecule is C=CC.CNc1ccc(OC(F)(F)F)cc1C(=C(C)C)c1ccccc1. The molecule has 0 heterocycles. The van der Waals surface area contributed by atoms with E-state index < -0.39 is 6.36 Å². The summed E-state index contributed by atoms with van der Waals surface area (Å²) in [5.74, 6) is -0.235. The van der Waals surface area contributed by atoms with E-state index in [0.29, 0.717) is 5.56 Å². The van der Waals surface area contributed by atoms with E-state index in [2.05, 4.69) is 16.6 Å². The van der Waals surface area contributed by atoms with Gasteiger partial charge in [-0.1, -0.05) is 42.0 Å². The molecule has 0 atom stereocenters. The van der Waals surface area contributed by atoms with E-state index in [1.54, 1.807) is 19.2 Å². The molecule has 0 fully saturated rings. The topological polar surface area (TPSA) is 21.3 Å². The number of alkyl halides is 3. The third-order valence-electron chi connectivity index (χ3n) is 3.33. The maximum atomic E-state index is 12.5. The molecule has 0 amide bonds. The first kappa shape index (κ1) is 21.4. The lowest BCUT2D eigenvalue weighted by Crippen LogP contribution is -2.17. The molecule has 140 valence electrons. The maximum Gasteiger partial charge on any atom is 0.573 e. The molecular formula is C21H24F3NO. The third kappa shape index (κ3) is 6.31. The van der Waals surface area contributed by atoms with Crippen LogP contribution in [0.5, 0.6) is 5.75 Å². The molecule has 2 aromatic rings. The summed E-state index contributed by atoms with van der Waals surface area (Å²) in [5, 5.41) is 3.02. The Labute approximate surface area is 153 Å². The lowest BCUT2D eigenvalue weighted by molar-refractivity contribution is -0.274. The van der Waals surface area contributed by atoms with Gasteiger partial charge in [0.05, 0.1) is 0 Å². The number of benzene rings is 2. The molecule has 5 heteroatoms. The molecule has 0 saturated carbocycles. The van der Waals surface area contributed by atoms with Gasteiger partial charge in [0.15, 0.2) is 0 Å². The van der Waals surface area contributed by atoms with Crippen LogP contribution in [0.4, 0.5) is 18.9 Å². The smallest absolute Gasteiger partial charge is 0.406 e. The molecule has 0 spiro atoms. The Hall–Kier alpha value is -2.69. The molecule has 0 radical (unpaired) electrons. The maximum absolute atomic E-state index is 12.5. The lowest BCUT2D eigenvalue weighted by atomic mass is 9.92. The van der Waals surface area contributed by atoms with Crippen molar-refractivity contribution in [3.8, 4) is 5.75 Å². The number of allylic oxidation sites excluding steroid dienone is 2. The van der Waals surface area contributed by atoms with Crippen LogP contribution in [0.3, 0.4) is 0 Å². The Balaban J connectivity index is 0.00000105. The molecule has 1 N–H and O–H groups in total. The van der Waals surface area contributed by atoms with Crippen molar-refractivity contribution in [1.82, 2.24) is 0 Å². The zero-order chi connectivity index (χ0) is 19.7. The summed E-state index contributed by atoms with van der Waals surface area (Å²) in [5.41, 5.74) is 4.22. The Morgan fingerprint density at radius 2 is 1.65 bits per heavy atom. The Morgan fingerprint density at radius 1 is 1.08 bits per heavy atom. The molecule has 2 nitrogen and oxygen atoms in total. The molecular weight excluding hydrogens is 339 g/mol. The average Bonchev–Trinajstić information content (AvgIpc) is 2.55. The second-order valence-corrected chi connectivity index (χ2v) is 5.65. The van der Waals surface area contributed by atoms with Crippen molar-refractivity contribution in [3.63, 3.8) is 0 Å². The molecule has 0 unspecified atom stereocenters. The standard InChI is InChI=1S/C18H18F3NO.C3H6/c1-12(2)17(13-7-5-4-6-8-13)15-11-14(23-18(19,20)21)9-10-16(15)22-3;1-3-2/h4-11,22H,1-3H3;3H,1H2,2H3. The number of rotatable bonds is 4. The first-order chi connectivity index (χ1) is 12.2. The van der Waals surface area contributed by atoms with Gasteiger partial charge in [-0.2, -0.15) is 0 Å². The summed E-state index contributed by atoms with van der Waals surface area (Å²) >= 11 is 0. The zero-order valence-electron chi connectivity index (χ0n) is 15.4. The van der Waals surface area contributed by atoms with Crippen molar-refractivity contribution in [2.45, 2.75) is 27.1 Å². The van der Waals surface area contributed by atoms with E-state index in [0.717, 1.165) is 22.4 Å². The van der Waals surface area contributed by atoms with Gasteiger partial charge in [-0.05, 0) is 50.1 Å². The first-order valence-corrected chi connectivity index (χ1v) is 8.11. The van der Waals surface area contributed by atoms with Gasteiger partial charge in [-0.3, -0.25) is 0 Å². The van der Waals surface area contributed by atoms with Crippen molar-refractivity contribution in [2.75, 3.05) is 12.4 Å². The molecule has 0 saturated heterocycles. The third-order valence-corrected chi connectivity index (χ3v) is 3.33. The highest BCUT2D eigenvalue weighted by atomic mass is 19.4. The second-order valence-electron chi connectivity index (χ2n) is 5.65. The summed E-state index contributed by atoms with van der Waals surface area (Å²) < 4.78 is 41.5. The van der Waals surface area contributed by atoms with Crippen molar-refractivity contribution in [3.05, 3.63) is 77.9 Å². The Morgan fingerprint density at radius 3 is 2.12 bits per heavy atom. The van der Waals surface area contributed by atoms with E-state index >= 15 is 0 Å². The van der Waals surface area contributed by atoms with Crippen LogP contribution in [0.1, 0.15) is 31.9 Å². The van der Waals surface area contributed by atoms with E-state index in [9.17, 15) is 13.2 Å². The Bertz CT molecular complexity index is 746. The molecule has 0 aliphatic rings. The highest BCUT2D eigenvalue weighted by Gasteiger charge is 2.31. The van der Waals surface area contributed by atoms with Gasteiger partial charge in [-0.25, -0.2) is 0 Å². The highest BCUT2D eigenvalue weighted by Crippen LogP contribution is 2.35. The molecule has 2 rings (SSSR count). The van der Waals surface area contributed by atoms with Crippen LogP contribution in [0, 0.1) is 0 Å². The number of nitrogens with one attached hydrogen (secondary N) is 1. The predicted octanol–water partition coefficient (Wildman–Crippen LogP) is 6.66. The molecule has 2 aromatic carbocycles. The summed E-state index contributed by atoms with van der Waals surface area (Å²) in [6, 6.07) is 13.8. The predicted molar refractivity (Wildman–Crippen MR) is 102 cm³/mol. The largest absolute Gasteiger partial charge is 0.573 e. The van der Waals surface area contributed by atoms with Crippen molar-refractivity contribution in [1.29, 1.82) is 0 Å². The number of hydrogen-bond acceptors (Lipinski definition) is 2. The van der Waals surface area contributed by atoms with Gasteiger partial charge in [-0.15, -0.1) is 19.8 Å². The van der Waals surface area contributed by atoms with Gasteiger partial charge >= 0.3 is 6.36 Å². The van der Waals surface area contributed by atoms with Gasteiger partial charge < -0.3 is 10.1 Å². The van der Waals surface area contributed by atoms with Crippen LogP contribution in [0.2, 0.25) is 0 Å². The fourth-order valence-corrected chi connectivity index (χ4v) is 2.46. The number of halogens is 3. The van der Waals surface area contributed by atoms with E-state index in [1.165, 1.54) is 12.1 Å². The van der Waals surface area contributed by atoms with Gasteiger partial charge in [0.1, 0.15) is 5.75 Å². The van der Waals surface area contributed by atoms with Crippen LogP contribution in [0.25, 0.3) is 5.57 Å². The first-order valence-electron chi connectivity index (χ1n) is 8.11. The minimum atomic E-state index is -4.71. The monoisotopic (exact) mass is 363 g/mol. The Kier molecular flexibility index (Phi) is 7.97. The molecule has 0 aliphatic heterocycles. The second kappa shape index (κ2) is 9.70. The van der Waals surface area contributed by atoms with Crippen LogP contribution in [-0.2, 0) is 0 Å². The van der Waals surface area contributed by atoms with Gasteiger partial charge in [0, 0.05) is 18.3 Å². The number of hydrogen-bond donors (Lipinski definition) is 1. The normalized spacial score (nSPS) is 10.3. The fourth-order valence-electron chi connectivity index (χ4n) is 2.46. The van der Waals surface area contributed by atoms with Crippen LogP contribution in [0.15, 0.2) is 66.8 Å². The van der Waals surface area contributed by atoms with Crippen molar-refractivity contribution >= 4 is 11.3 Å². The van der Waals surface area contributed by atoms with Gasteiger partial charge in [0.25, 0.3) is 0 Å². The summed E-state index contributed by atoms with van der Waals surface area (Å²) in [6.07, 6.45) is -2.96. The minimum absolute atomic E-state index is 0.235. The zero-order valence-corrected chi connectivity index (χ0v) is 15.4. The van der Waals surface area contributed by atoms with Crippen LogP contribution >= 0.6 is 0 Å². The molecule has 0 aromatic heterocycles.